The van der Waals surface area contributed by atoms with E-state index in [1.165, 1.54) is 11.8 Å². The molecule has 88 valence electrons. The number of carbonyl (C=O) groups excluding carboxylic acids is 1. The highest BCUT2D eigenvalue weighted by atomic mass is 32.2. The Morgan fingerprint density at radius 2 is 2.31 bits per heavy atom. The molecule has 1 saturated carbocycles. The lowest BCUT2D eigenvalue weighted by atomic mass is 10.2. The van der Waals surface area contributed by atoms with Gasteiger partial charge < -0.3 is 9.73 Å². The van der Waals surface area contributed by atoms with E-state index >= 15 is 0 Å². The molecule has 0 saturated heterocycles. The van der Waals surface area contributed by atoms with Gasteiger partial charge in [0, 0.05) is 12.0 Å². The van der Waals surface area contributed by atoms with E-state index in [-0.39, 0.29) is 11.8 Å². The molecule has 2 rings (SSSR count). The van der Waals surface area contributed by atoms with Gasteiger partial charge in [0.1, 0.15) is 0 Å². The molecular formula is C10H15N3O2S. The average molecular weight is 241 g/mol. The zero-order valence-corrected chi connectivity index (χ0v) is 10.2. The Balaban J connectivity index is 1.77. The van der Waals surface area contributed by atoms with Crippen LogP contribution in [-0.2, 0) is 4.79 Å². The Kier molecular flexibility index (Phi) is 3.48. The van der Waals surface area contributed by atoms with Crippen LogP contribution in [0, 0.1) is 0 Å². The van der Waals surface area contributed by atoms with Crippen LogP contribution >= 0.6 is 11.8 Å². The smallest absolute Gasteiger partial charge is 0.277 e. The Morgan fingerprint density at radius 3 is 2.88 bits per heavy atom. The maximum absolute atomic E-state index is 11.4. The summed E-state index contributed by atoms with van der Waals surface area (Å²) in [5.41, 5.74) is 0. The SMILES string of the molecule is CC(C)c1nnc(SCC(=O)NC2CC2)o1. The molecule has 1 amide bonds. The first kappa shape index (κ1) is 11.4. The zero-order valence-electron chi connectivity index (χ0n) is 9.40. The number of hydrogen-bond donors (Lipinski definition) is 1. The van der Waals surface area contributed by atoms with Gasteiger partial charge in [0.25, 0.3) is 5.22 Å². The van der Waals surface area contributed by atoms with Crippen LogP contribution < -0.4 is 5.32 Å². The number of carbonyl (C=O) groups is 1. The summed E-state index contributed by atoms with van der Waals surface area (Å²) in [6, 6.07) is 0.405. The summed E-state index contributed by atoms with van der Waals surface area (Å²) in [5.74, 6) is 1.22. The molecule has 0 bridgehead atoms. The largest absolute Gasteiger partial charge is 0.416 e. The van der Waals surface area contributed by atoms with E-state index in [9.17, 15) is 4.79 Å². The average Bonchev–Trinajstić information content (AvgIpc) is 2.91. The zero-order chi connectivity index (χ0) is 11.5. The number of hydrogen-bond acceptors (Lipinski definition) is 5. The first-order valence-corrected chi connectivity index (χ1v) is 6.39. The Morgan fingerprint density at radius 1 is 1.56 bits per heavy atom. The van der Waals surface area contributed by atoms with Crippen molar-refractivity contribution in [1.29, 1.82) is 0 Å². The van der Waals surface area contributed by atoms with E-state index in [4.69, 9.17) is 4.42 Å². The predicted molar refractivity (Wildman–Crippen MR) is 60.3 cm³/mol. The third-order valence-corrected chi connectivity index (χ3v) is 3.00. The number of nitrogens with one attached hydrogen (secondary N) is 1. The van der Waals surface area contributed by atoms with E-state index in [0.717, 1.165) is 12.8 Å². The van der Waals surface area contributed by atoms with Crippen molar-refractivity contribution in [3.05, 3.63) is 5.89 Å². The molecule has 0 aromatic carbocycles. The van der Waals surface area contributed by atoms with Crippen LogP contribution in [0.4, 0.5) is 0 Å². The van der Waals surface area contributed by atoms with Crippen molar-refractivity contribution in [2.45, 2.75) is 43.9 Å². The van der Waals surface area contributed by atoms with Crippen LogP contribution in [0.2, 0.25) is 0 Å². The third-order valence-electron chi connectivity index (χ3n) is 2.19. The van der Waals surface area contributed by atoms with E-state index in [1.54, 1.807) is 0 Å². The van der Waals surface area contributed by atoms with E-state index in [2.05, 4.69) is 15.5 Å². The monoisotopic (exact) mass is 241 g/mol. The van der Waals surface area contributed by atoms with Gasteiger partial charge in [-0.3, -0.25) is 4.79 Å². The number of amides is 1. The standard InChI is InChI=1S/C10H15N3O2S/c1-6(2)9-12-13-10(15-9)16-5-8(14)11-7-3-4-7/h6-7H,3-5H2,1-2H3,(H,11,14). The molecule has 0 unspecified atom stereocenters. The van der Waals surface area contributed by atoms with Gasteiger partial charge >= 0.3 is 0 Å². The van der Waals surface area contributed by atoms with Gasteiger partial charge in [-0.2, -0.15) is 0 Å². The lowest BCUT2D eigenvalue weighted by Crippen LogP contribution is -2.26. The second kappa shape index (κ2) is 4.86. The minimum Gasteiger partial charge on any atom is -0.416 e. The number of nitrogens with zero attached hydrogens (tertiary/aromatic N) is 2. The molecule has 0 aliphatic heterocycles. The van der Waals surface area contributed by atoms with Gasteiger partial charge in [-0.25, -0.2) is 0 Å². The molecule has 1 fully saturated rings. The third kappa shape index (κ3) is 3.23. The van der Waals surface area contributed by atoms with Crippen molar-refractivity contribution in [2.75, 3.05) is 5.75 Å². The topological polar surface area (TPSA) is 68.0 Å². The van der Waals surface area contributed by atoms with Crippen molar-refractivity contribution in [3.63, 3.8) is 0 Å². The summed E-state index contributed by atoms with van der Waals surface area (Å²) in [6.07, 6.45) is 2.21. The molecule has 1 aliphatic rings. The fourth-order valence-corrected chi connectivity index (χ4v) is 1.72. The molecule has 6 heteroatoms. The van der Waals surface area contributed by atoms with Crippen molar-refractivity contribution < 1.29 is 9.21 Å². The highest BCUT2D eigenvalue weighted by Gasteiger charge is 2.23. The molecule has 1 aromatic rings. The first-order chi connectivity index (χ1) is 7.65. The lowest BCUT2D eigenvalue weighted by Gasteiger charge is -1.99. The highest BCUT2D eigenvalue weighted by molar-refractivity contribution is 7.99. The van der Waals surface area contributed by atoms with Crippen LogP contribution in [0.15, 0.2) is 9.64 Å². The number of aromatic nitrogens is 2. The van der Waals surface area contributed by atoms with Crippen molar-refractivity contribution in [2.24, 2.45) is 0 Å². The maximum atomic E-state index is 11.4. The first-order valence-electron chi connectivity index (χ1n) is 5.40. The summed E-state index contributed by atoms with van der Waals surface area (Å²) >= 11 is 1.28. The second-order valence-electron chi connectivity index (χ2n) is 4.19. The minimum atomic E-state index is 0.0387. The van der Waals surface area contributed by atoms with Crippen LogP contribution in [0.25, 0.3) is 0 Å². The van der Waals surface area contributed by atoms with Gasteiger partial charge in [0.2, 0.25) is 11.8 Å². The normalized spacial score (nSPS) is 15.4. The van der Waals surface area contributed by atoms with Gasteiger partial charge in [-0.15, -0.1) is 10.2 Å². The molecule has 1 N–H and O–H groups in total. The van der Waals surface area contributed by atoms with Gasteiger partial charge in [-0.05, 0) is 12.8 Å². The molecule has 0 spiro atoms. The van der Waals surface area contributed by atoms with Crippen LogP contribution in [0.5, 0.6) is 0 Å². The molecule has 0 radical (unpaired) electrons. The molecule has 5 nitrogen and oxygen atoms in total. The van der Waals surface area contributed by atoms with Crippen LogP contribution in [0.1, 0.15) is 38.5 Å². The predicted octanol–water partition coefficient (Wildman–Crippen LogP) is 1.56. The van der Waals surface area contributed by atoms with Gasteiger partial charge in [0.15, 0.2) is 0 Å². The highest BCUT2D eigenvalue weighted by Crippen LogP contribution is 2.21. The summed E-state index contributed by atoms with van der Waals surface area (Å²) in [6.45, 7) is 3.98. The second-order valence-corrected chi connectivity index (χ2v) is 5.12. The Hall–Kier alpha value is -1.04. The van der Waals surface area contributed by atoms with E-state index in [1.807, 2.05) is 13.8 Å². The maximum Gasteiger partial charge on any atom is 0.277 e. The van der Waals surface area contributed by atoms with Crippen LogP contribution in [-0.4, -0.2) is 27.9 Å². The van der Waals surface area contributed by atoms with E-state index < -0.39 is 0 Å². The quantitative estimate of drug-likeness (QED) is 0.792. The summed E-state index contributed by atoms with van der Waals surface area (Å²) < 4.78 is 5.38. The number of thioether (sulfide) groups is 1. The fourth-order valence-electron chi connectivity index (χ4n) is 1.14. The summed E-state index contributed by atoms with van der Waals surface area (Å²) in [5, 5.41) is 11.1. The molecular weight excluding hydrogens is 226 g/mol. The van der Waals surface area contributed by atoms with Crippen molar-refractivity contribution >= 4 is 17.7 Å². The summed E-state index contributed by atoms with van der Waals surface area (Å²) in [4.78, 5) is 11.4. The van der Waals surface area contributed by atoms with E-state index in [0.29, 0.717) is 22.9 Å². The lowest BCUT2D eigenvalue weighted by molar-refractivity contribution is -0.118. The fraction of sp³-hybridized carbons (Fsp3) is 0.700. The molecule has 1 aromatic heterocycles. The van der Waals surface area contributed by atoms with Crippen LogP contribution in [0.3, 0.4) is 0 Å². The number of rotatable bonds is 5. The molecule has 1 heterocycles. The summed E-state index contributed by atoms with van der Waals surface area (Å²) in [7, 11) is 0. The van der Waals surface area contributed by atoms with Crippen molar-refractivity contribution in [1.82, 2.24) is 15.5 Å². The Labute approximate surface area is 98.4 Å². The molecule has 16 heavy (non-hydrogen) atoms. The van der Waals surface area contributed by atoms with Crippen molar-refractivity contribution in [3.8, 4) is 0 Å². The van der Waals surface area contributed by atoms with Gasteiger partial charge in [-0.1, -0.05) is 25.6 Å². The minimum absolute atomic E-state index is 0.0387. The molecule has 0 atom stereocenters. The van der Waals surface area contributed by atoms with Gasteiger partial charge in [0.05, 0.1) is 5.75 Å². The Bertz CT molecular complexity index is 374. The molecule has 1 aliphatic carbocycles.